The molecule has 1 amide bonds. The highest BCUT2D eigenvalue weighted by Crippen LogP contribution is 2.40. The van der Waals surface area contributed by atoms with E-state index in [1.807, 2.05) is 25.2 Å². The Balaban J connectivity index is 1.74. The number of carbonyl (C=O) groups excluding carboxylic acids is 1. The Labute approximate surface area is 221 Å². The van der Waals surface area contributed by atoms with Gasteiger partial charge in [0.25, 0.3) is 0 Å². The van der Waals surface area contributed by atoms with Crippen LogP contribution in [0.1, 0.15) is 60.3 Å². The number of aliphatic hydroxyl groups is 4. The third-order valence-electron chi connectivity index (χ3n) is 6.88. The molecule has 0 aromatic heterocycles. The normalized spacial score (nSPS) is 29.4. The van der Waals surface area contributed by atoms with Gasteiger partial charge in [-0.3, -0.25) is 4.79 Å². The zero-order valence-corrected chi connectivity index (χ0v) is 22.8. The second kappa shape index (κ2) is 14.8. The molecule has 1 aliphatic carbocycles. The molecule has 1 aliphatic heterocycles. The fraction of sp³-hybridized carbons (Fsp3) is 0.621. The summed E-state index contributed by atoms with van der Waals surface area (Å²) in [4.78, 5) is 12.2. The third kappa shape index (κ3) is 9.63. The second-order valence-electron chi connectivity index (χ2n) is 10.6. The monoisotopic (exact) mass is 519 g/mol. The first-order valence-corrected chi connectivity index (χ1v) is 13.1. The predicted molar refractivity (Wildman–Crippen MR) is 143 cm³/mol. The molecule has 0 unspecified atom stereocenters. The molecule has 0 aromatic carbocycles. The van der Waals surface area contributed by atoms with Gasteiger partial charge in [0.1, 0.15) is 24.4 Å². The van der Waals surface area contributed by atoms with E-state index < -0.39 is 37.3 Å². The van der Waals surface area contributed by atoms with Crippen LogP contribution in [0.3, 0.4) is 0 Å². The predicted octanol–water partition coefficient (Wildman–Crippen LogP) is 2.84. The number of hydrogen-bond donors (Lipinski definition) is 5. The van der Waals surface area contributed by atoms with Crippen LogP contribution in [-0.4, -0.2) is 76.8 Å². The van der Waals surface area contributed by atoms with E-state index in [-0.39, 0.29) is 17.9 Å². The average Bonchev–Trinajstić information content (AvgIpc) is 2.83. The minimum Gasteiger partial charge on any atom is -0.394 e. The zero-order chi connectivity index (χ0) is 27.6. The molecule has 0 radical (unpaired) electrons. The van der Waals surface area contributed by atoms with Crippen LogP contribution in [0.2, 0.25) is 0 Å². The molecule has 0 spiro atoms. The molecule has 8 nitrogen and oxygen atoms in total. The fourth-order valence-electron chi connectivity index (χ4n) is 4.63. The summed E-state index contributed by atoms with van der Waals surface area (Å²) < 4.78 is 10.7. The number of aliphatic hydroxyl groups excluding tert-OH is 4. The van der Waals surface area contributed by atoms with Crippen LogP contribution >= 0.6 is 0 Å². The van der Waals surface area contributed by atoms with Crippen molar-refractivity contribution < 1.29 is 34.7 Å². The maximum absolute atomic E-state index is 12.2. The number of nitrogens with one attached hydrogen (secondary N) is 1. The molecule has 0 bridgehead atoms. The van der Waals surface area contributed by atoms with Gasteiger partial charge in [0.2, 0.25) is 5.91 Å². The smallest absolute Gasteiger partial charge is 0.244 e. The SMILES string of the molecule is CC1=C(/C=C/C(C)=C/C=C/C(C)=C\C(=O)NCCCO[C@@H]2O[C@H](CO)[C@H](O)[C@H](O)[C@H]2O)C(C)(C)CCC1. The summed E-state index contributed by atoms with van der Waals surface area (Å²) in [6.07, 6.45) is 9.32. The van der Waals surface area contributed by atoms with Gasteiger partial charge in [-0.15, -0.1) is 0 Å². The van der Waals surface area contributed by atoms with Crippen LogP contribution < -0.4 is 5.32 Å². The van der Waals surface area contributed by atoms with Crippen molar-refractivity contribution in [2.24, 2.45) is 5.41 Å². The molecule has 2 rings (SSSR count). The molecular weight excluding hydrogens is 474 g/mol. The topological polar surface area (TPSA) is 128 Å². The summed E-state index contributed by atoms with van der Waals surface area (Å²) in [6, 6.07) is 0. The molecule has 5 N–H and O–H groups in total. The lowest BCUT2D eigenvalue weighted by Crippen LogP contribution is -2.59. The van der Waals surface area contributed by atoms with E-state index >= 15 is 0 Å². The van der Waals surface area contributed by atoms with E-state index in [0.29, 0.717) is 13.0 Å². The molecule has 208 valence electrons. The summed E-state index contributed by atoms with van der Waals surface area (Å²) >= 11 is 0. The van der Waals surface area contributed by atoms with Crippen LogP contribution in [-0.2, 0) is 14.3 Å². The lowest BCUT2D eigenvalue weighted by molar-refractivity contribution is -0.301. The van der Waals surface area contributed by atoms with Crippen LogP contribution in [0.25, 0.3) is 0 Å². The van der Waals surface area contributed by atoms with E-state index in [1.54, 1.807) is 0 Å². The molecule has 8 heteroatoms. The standard InChI is InChI=1S/C29H45NO7/c1-19(12-13-22-21(3)11-7-14-29(22,4)5)9-6-10-20(2)17-24(32)30-15-8-16-36-28-27(35)26(34)25(33)23(18-31)37-28/h6,9-10,12-13,17,23,25-28,31,33-35H,7-8,11,14-16,18H2,1-5H3,(H,30,32)/b10-6+,13-12+,19-9+,20-17-/t23-,25+,26+,27-,28-/m1/s1. The third-order valence-corrected chi connectivity index (χ3v) is 6.88. The van der Waals surface area contributed by atoms with Crippen molar-refractivity contribution in [3.8, 4) is 0 Å². The summed E-state index contributed by atoms with van der Waals surface area (Å²) in [7, 11) is 0. The van der Waals surface area contributed by atoms with Crippen molar-refractivity contribution in [1.82, 2.24) is 5.32 Å². The van der Waals surface area contributed by atoms with Gasteiger partial charge in [0.15, 0.2) is 6.29 Å². The number of rotatable bonds is 11. The first kappa shape index (κ1) is 31.1. The van der Waals surface area contributed by atoms with E-state index in [0.717, 1.165) is 11.1 Å². The molecule has 0 aromatic rings. The maximum atomic E-state index is 12.2. The van der Waals surface area contributed by atoms with Crippen molar-refractivity contribution in [3.05, 3.63) is 58.7 Å². The van der Waals surface area contributed by atoms with Crippen LogP contribution in [0, 0.1) is 5.41 Å². The van der Waals surface area contributed by atoms with Gasteiger partial charge in [-0.25, -0.2) is 0 Å². The van der Waals surface area contributed by atoms with Gasteiger partial charge in [-0.05, 0) is 63.0 Å². The Morgan fingerprint density at radius 1 is 1.14 bits per heavy atom. The number of hydrogen-bond acceptors (Lipinski definition) is 7. The fourth-order valence-corrected chi connectivity index (χ4v) is 4.63. The molecule has 1 saturated heterocycles. The van der Waals surface area contributed by atoms with Crippen LogP contribution in [0.15, 0.2) is 58.7 Å². The first-order valence-electron chi connectivity index (χ1n) is 13.1. The molecule has 0 saturated carbocycles. The van der Waals surface area contributed by atoms with Crippen LogP contribution in [0.4, 0.5) is 0 Å². The highest BCUT2D eigenvalue weighted by atomic mass is 16.7. The Kier molecular flexibility index (Phi) is 12.4. The average molecular weight is 520 g/mol. The van der Waals surface area contributed by atoms with E-state index in [1.165, 1.54) is 36.5 Å². The largest absolute Gasteiger partial charge is 0.394 e. The number of allylic oxidation sites excluding steroid dienone is 9. The van der Waals surface area contributed by atoms with Crippen molar-refractivity contribution in [2.45, 2.75) is 91.0 Å². The molecule has 1 heterocycles. The quantitative estimate of drug-likeness (QED) is 0.161. The summed E-state index contributed by atoms with van der Waals surface area (Å²) in [6.45, 7) is 10.7. The Morgan fingerprint density at radius 3 is 2.54 bits per heavy atom. The van der Waals surface area contributed by atoms with E-state index in [9.17, 15) is 25.2 Å². The van der Waals surface area contributed by atoms with Gasteiger partial charge in [0, 0.05) is 12.6 Å². The Hall–Kier alpha value is -2.07. The van der Waals surface area contributed by atoms with Crippen molar-refractivity contribution >= 4 is 5.91 Å². The maximum Gasteiger partial charge on any atom is 0.244 e. The van der Waals surface area contributed by atoms with E-state index in [2.05, 4.69) is 45.2 Å². The lowest BCUT2D eigenvalue weighted by atomic mass is 9.72. The molecule has 37 heavy (non-hydrogen) atoms. The summed E-state index contributed by atoms with van der Waals surface area (Å²) in [5.74, 6) is -0.225. The lowest BCUT2D eigenvalue weighted by Gasteiger charge is -2.39. The summed E-state index contributed by atoms with van der Waals surface area (Å²) in [5.41, 5.74) is 5.07. The van der Waals surface area contributed by atoms with Gasteiger partial charge in [0.05, 0.1) is 13.2 Å². The van der Waals surface area contributed by atoms with Gasteiger partial charge in [-0.1, -0.05) is 55.4 Å². The second-order valence-corrected chi connectivity index (χ2v) is 10.6. The van der Waals surface area contributed by atoms with Crippen molar-refractivity contribution in [3.63, 3.8) is 0 Å². The highest BCUT2D eigenvalue weighted by Gasteiger charge is 2.43. The number of carbonyl (C=O) groups is 1. The van der Waals surface area contributed by atoms with Gasteiger partial charge < -0.3 is 35.2 Å². The van der Waals surface area contributed by atoms with Crippen LogP contribution in [0.5, 0.6) is 0 Å². The molecule has 2 aliphatic rings. The minimum absolute atomic E-state index is 0.150. The highest BCUT2D eigenvalue weighted by molar-refractivity contribution is 5.88. The zero-order valence-electron chi connectivity index (χ0n) is 22.8. The van der Waals surface area contributed by atoms with Crippen molar-refractivity contribution in [2.75, 3.05) is 19.8 Å². The minimum atomic E-state index is -1.47. The molecule has 5 atom stereocenters. The van der Waals surface area contributed by atoms with Gasteiger partial charge >= 0.3 is 0 Å². The Morgan fingerprint density at radius 2 is 1.86 bits per heavy atom. The first-order chi connectivity index (χ1) is 17.5. The summed E-state index contributed by atoms with van der Waals surface area (Å²) in [5, 5.41) is 41.5. The number of ether oxygens (including phenoxy) is 2. The Bertz CT molecular complexity index is 913. The molecular formula is C29H45NO7. The number of amides is 1. The van der Waals surface area contributed by atoms with Gasteiger partial charge in [-0.2, -0.15) is 0 Å². The van der Waals surface area contributed by atoms with E-state index in [4.69, 9.17) is 9.47 Å². The van der Waals surface area contributed by atoms with Crippen molar-refractivity contribution in [1.29, 1.82) is 0 Å². The molecule has 1 fully saturated rings.